The van der Waals surface area contributed by atoms with Gasteiger partial charge in [0.2, 0.25) is 5.91 Å². The van der Waals surface area contributed by atoms with E-state index in [1.54, 1.807) is 11.0 Å². The van der Waals surface area contributed by atoms with E-state index < -0.39 is 12.1 Å². The molecule has 2 atom stereocenters. The number of carbonyl (C=O) groups is 1. The quantitative estimate of drug-likeness (QED) is 0.790. The van der Waals surface area contributed by atoms with E-state index in [2.05, 4.69) is 5.32 Å². The Morgan fingerprint density at radius 2 is 2.32 bits per heavy atom. The van der Waals surface area contributed by atoms with Crippen LogP contribution in [-0.4, -0.2) is 36.2 Å². The van der Waals surface area contributed by atoms with Gasteiger partial charge in [0, 0.05) is 12.2 Å². The zero-order valence-corrected chi connectivity index (χ0v) is 10.6. The smallest absolute Gasteiger partial charge is 0.246 e. The van der Waals surface area contributed by atoms with E-state index in [4.69, 9.17) is 0 Å². The number of aliphatic hydroxyl groups is 1. The fourth-order valence-corrected chi connectivity index (χ4v) is 2.90. The van der Waals surface area contributed by atoms with E-state index in [9.17, 15) is 14.3 Å². The highest BCUT2D eigenvalue weighted by molar-refractivity contribution is 5.98. The lowest BCUT2D eigenvalue weighted by Crippen LogP contribution is -2.49. The van der Waals surface area contributed by atoms with Crippen molar-refractivity contribution in [3.05, 3.63) is 29.6 Å². The predicted molar refractivity (Wildman–Crippen MR) is 69.5 cm³/mol. The highest BCUT2D eigenvalue weighted by Crippen LogP contribution is 2.29. The maximum absolute atomic E-state index is 13.2. The third-order valence-electron chi connectivity index (χ3n) is 3.88. The molecule has 2 aliphatic heterocycles. The SMILES string of the molecule is O=C([C@H]1NCC[C@H]1O)N1CCCc2cc(F)ccc21. The average molecular weight is 264 g/mol. The second-order valence-corrected chi connectivity index (χ2v) is 5.15. The largest absolute Gasteiger partial charge is 0.391 e. The van der Waals surface area contributed by atoms with Crippen molar-refractivity contribution in [1.82, 2.24) is 5.32 Å². The maximum atomic E-state index is 13.2. The summed E-state index contributed by atoms with van der Waals surface area (Å²) in [7, 11) is 0. The van der Waals surface area contributed by atoms with Crippen molar-refractivity contribution in [1.29, 1.82) is 0 Å². The molecule has 19 heavy (non-hydrogen) atoms. The van der Waals surface area contributed by atoms with Crippen molar-refractivity contribution in [2.75, 3.05) is 18.0 Å². The first kappa shape index (κ1) is 12.6. The lowest BCUT2D eigenvalue weighted by Gasteiger charge is -2.32. The van der Waals surface area contributed by atoms with Gasteiger partial charge in [0.15, 0.2) is 0 Å². The van der Waals surface area contributed by atoms with Crippen molar-refractivity contribution in [3.8, 4) is 0 Å². The first-order chi connectivity index (χ1) is 9.16. The Labute approximate surface area is 111 Å². The molecule has 2 heterocycles. The van der Waals surface area contributed by atoms with Crippen LogP contribution in [0.3, 0.4) is 0 Å². The number of carbonyl (C=O) groups excluding carboxylic acids is 1. The van der Waals surface area contributed by atoms with Gasteiger partial charge in [0.05, 0.1) is 6.10 Å². The summed E-state index contributed by atoms with van der Waals surface area (Å²) in [5.41, 5.74) is 1.64. The van der Waals surface area contributed by atoms with Crippen LogP contribution >= 0.6 is 0 Å². The average Bonchev–Trinajstić information content (AvgIpc) is 2.83. The van der Waals surface area contributed by atoms with E-state index in [1.807, 2.05) is 0 Å². The number of benzene rings is 1. The second kappa shape index (κ2) is 4.90. The van der Waals surface area contributed by atoms with Gasteiger partial charge in [0.1, 0.15) is 11.9 Å². The fourth-order valence-electron chi connectivity index (χ4n) is 2.90. The summed E-state index contributed by atoms with van der Waals surface area (Å²) >= 11 is 0. The molecule has 5 heteroatoms. The monoisotopic (exact) mass is 264 g/mol. The zero-order valence-electron chi connectivity index (χ0n) is 10.6. The van der Waals surface area contributed by atoms with Crippen LogP contribution in [0.4, 0.5) is 10.1 Å². The van der Waals surface area contributed by atoms with Crippen LogP contribution < -0.4 is 10.2 Å². The Hall–Kier alpha value is -1.46. The van der Waals surface area contributed by atoms with Crippen LogP contribution in [0, 0.1) is 5.82 Å². The minimum Gasteiger partial charge on any atom is -0.391 e. The molecule has 2 N–H and O–H groups in total. The van der Waals surface area contributed by atoms with Crippen molar-refractivity contribution in [3.63, 3.8) is 0 Å². The van der Waals surface area contributed by atoms with Crippen molar-refractivity contribution < 1.29 is 14.3 Å². The van der Waals surface area contributed by atoms with E-state index in [-0.39, 0.29) is 11.7 Å². The molecule has 4 nitrogen and oxygen atoms in total. The van der Waals surface area contributed by atoms with E-state index in [1.165, 1.54) is 12.1 Å². The Kier molecular flexibility index (Phi) is 3.24. The number of rotatable bonds is 1. The van der Waals surface area contributed by atoms with Crippen LogP contribution in [0.15, 0.2) is 18.2 Å². The van der Waals surface area contributed by atoms with Crippen LogP contribution in [0.1, 0.15) is 18.4 Å². The third kappa shape index (κ3) is 2.24. The molecule has 0 aliphatic carbocycles. The number of fused-ring (bicyclic) bond motifs is 1. The number of nitrogens with one attached hydrogen (secondary N) is 1. The first-order valence-corrected chi connectivity index (χ1v) is 6.68. The molecule has 1 saturated heterocycles. The van der Waals surface area contributed by atoms with Crippen molar-refractivity contribution in [2.24, 2.45) is 0 Å². The second-order valence-electron chi connectivity index (χ2n) is 5.15. The summed E-state index contributed by atoms with van der Waals surface area (Å²) in [4.78, 5) is 14.1. The third-order valence-corrected chi connectivity index (χ3v) is 3.88. The Bertz CT molecular complexity index is 506. The summed E-state index contributed by atoms with van der Waals surface area (Å²) < 4.78 is 13.2. The molecule has 0 unspecified atom stereocenters. The summed E-state index contributed by atoms with van der Waals surface area (Å²) in [5, 5.41) is 12.8. The van der Waals surface area contributed by atoms with Crippen LogP contribution in [0.5, 0.6) is 0 Å². The van der Waals surface area contributed by atoms with Gasteiger partial charge in [-0.1, -0.05) is 0 Å². The van der Waals surface area contributed by atoms with E-state index >= 15 is 0 Å². The molecule has 3 rings (SSSR count). The number of anilines is 1. The topological polar surface area (TPSA) is 52.6 Å². The number of hydrogen-bond acceptors (Lipinski definition) is 3. The Balaban J connectivity index is 1.89. The van der Waals surface area contributed by atoms with Gasteiger partial charge in [-0.3, -0.25) is 4.79 Å². The van der Waals surface area contributed by atoms with Crippen molar-refractivity contribution in [2.45, 2.75) is 31.4 Å². The molecule has 102 valence electrons. The molecular weight excluding hydrogens is 247 g/mol. The number of halogens is 1. The van der Waals surface area contributed by atoms with Gasteiger partial charge < -0.3 is 15.3 Å². The normalized spacial score (nSPS) is 26.3. The lowest BCUT2D eigenvalue weighted by atomic mass is 10.00. The minimum absolute atomic E-state index is 0.113. The highest BCUT2D eigenvalue weighted by atomic mass is 19.1. The van der Waals surface area contributed by atoms with Gasteiger partial charge in [-0.2, -0.15) is 0 Å². The Morgan fingerprint density at radius 1 is 1.47 bits per heavy atom. The first-order valence-electron chi connectivity index (χ1n) is 6.68. The zero-order chi connectivity index (χ0) is 13.4. The number of aliphatic hydroxyl groups excluding tert-OH is 1. The Morgan fingerprint density at radius 3 is 3.05 bits per heavy atom. The molecule has 0 aromatic heterocycles. The number of hydrogen-bond donors (Lipinski definition) is 2. The van der Waals surface area contributed by atoms with Crippen LogP contribution in [0.25, 0.3) is 0 Å². The molecule has 0 bridgehead atoms. The molecule has 1 amide bonds. The molecule has 0 spiro atoms. The van der Waals surface area contributed by atoms with E-state index in [0.29, 0.717) is 19.5 Å². The molecular formula is C14H17FN2O2. The summed E-state index contributed by atoms with van der Waals surface area (Å²) in [6.45, 7) is 1.28. The molecule has 1 aromatic rings. The molecule has 1 fully saturated rings. The molecule has 2 aliphatic rings. The lowest BCUT2D eigenvalue weighted by molar-refractivity contribution is -0.122. The predicted octanol–water partition coefficient (Wildman–Crippen LogP) is 0.828. The molecule has 0 saturated carbocycles. The minimum atomic E-state index is -0.627. The van der Waals surface area contributed by atoms with Gasteiger partial charge in [-0.15, -0.1) is 0 Å². The number of nitrogens with zero attached hydrogens (tertiary/aromatic N) is 1. The van der Waals surface area contributed by atoms with Gasteiger partial charge in [0.25, 0.3) is 0 Å². The van der Waals surface area contributed by atoms with Gasteiger partial charge >= 0.3 is 0 Å². The molecule has 0 radical (unpaired) electrons. The number of aryl methyl sites for hydroxylation is 1. The number of amides is 1. The van der Waals surface area contributed by atoms with Crippen LogP contribution in [0.2, 0.25) is 0 Å². The standard InChI is InChI=1S/C14H17FN2O2/c15-10-3-4-11-9(8-10)2-1-7-17(11)14(19)13-12(18)5-6-16-13/h3-4,8,12-13,16,18H,1-2,5-7H2/t12-,13+/m1/s1. The van der Waals surface area contributed by atoms with Crippen molar-refractivity contribution >= 4 is 11.6 Å². The summed E-state index contributed by atoms with van der Waals surface area (Å²) in [6, 6.07) is 4.00. The van der Waals surface area contributed by atoms with E-state index in [0.717, 1.165) is 24.1 Å². The van der Waals surface area contributed by atoms with Gasteiger partial charge in [-0.05, 0) is 49.6 Å². The highest BCUT2D eigenvalue weighted by Gasteiger charge is 2.36. The molecule has 1 aromatic carbocycles. The van der Waals surface area contributed by atoms with Gasteiger partial charge in [-0.25, -0.2) is 4.39 Å². The summed E-state index contributed by atoms with van der Waals surface area (Å²) in [5.74, 6) is -0.385. The summed E-state index contributed by atoms with van der Waals surface area (Å²) in [6.07, 6.45) is 1.58. The fraction of sp³-hybridized carbons (Fsp3) is 0.500. The van der Waals surface area contributed by atoms with Crippen LogP contribution in [-0.2, 0) is 11.2 Å². The maximum Gasteiger partial charge on any atom is 0.246 e.